The van der Waals surface area contributed by atoms with Crippen LogP contribution in [0.15, 0.2) is 29.5 Å². The van der Waals surface area contributed by atoms with Crippen LogP contribution < -0.4 is 15.8 Å². The van der Waals surface area contributed by atoms with E-state index in [1.54, 1.807) is 30.1 Å². The summed E-state index contributed by atoms with van der Waals surface area (Å²) in [4.78, 5) is 32.9. The summed E-state index contributed by atoms with van der Waals surface area (Å²) < 4.78 is 1.70. The van der Waals surface area contributed by atoms with E-state index in [2.05, 4.69) is 15.3 Å². The first-order valence-corrected chi connectivity index (χ1v) is 7.84. The second-order valence-corrected chi connectivity index (χ2v) is 6.09. The van der Waals surface area contributed by atoms with Gasteiger partial charge < -0.3 is 19.8 Å². The topological polar surface area (TPSA) is 83.0 Å². The molecule has 1 saturated heterocycles. The number of rotatable bonds is 3. The summed E-state index contributed by atoms with van der Waals surface area (Å²) in [5, 5.41) is 3.54. The van der Waals surface area contributed by atoms with Crippen LogP contribution in [0, 0.1) is 0 Å². The van der Waals surface area contributed by atoms with Crippen molar-refractivity contribution in [3.8, 4) is 0 Å². The average Bonchev–Trinajstić information content (AvgIpc) is 2.87. The molecule has 122 valence electrons. The van der Waals surface area contributed by atoms with E-state index in [0.29, 0.717) is 23.1 Å². The number of aromatic amines is 1. The van der Waals surface area contributed by atoms with Crippen LogP contribution in [-0.2, 0) is 7.05 Å². The Morgan fingerprint density at radius 1 is 1.52 bits per heavy atom. The highest BCUT2D eigenvalue weighted by Crippen LogP contribution is 2.16. The van der Waals surface area contributed by atoms with Gasteiger partial charge in [0.15, 0.2) is 5.82 Å². The molecule has 3 rings (SSSR count). The largest absolute Gasteiger partial charge is 0.350 e. The zero-order valence-electron chi connectivity index (χ0n) is 12.8. The molecule has 0 radical (unpaired) electrons. The molecule has 0 bridgehead atoms. The van der Waals surface area contributed by atoms with E-state index in [0.717, 1.165) is 19.4 Å². The number of amides is 1. The van der Waals surface area contributed by atoms with Gasteiger partial charge >= 0.3 is 0 Å². The fourth-order valence-electron chi connectivity index (χ4n) is 2.87. The molecule has 3 heterocycles. The number of halogens is 1. The minimum absolute atomic E-state index is 0.0358. The normalized spacial score (nSPS) is 18.0. The number of hydrogen-bond donors (Lipinski definition) is 2. The van der Waals surface area contributed by atoms with Crippen molar-refractivity contribution in [2.45, 2.75) is 18.9 Å². The number of H-pyrrole nitrogens is 1. The maximum Gasteiger partial charge on any atom is 0.290 e. The van der Waals surface area contributed by atoms with Crippen LogP contribution >= 0.6 is 11.6 Å². The van der Waals surface area contributed by atoms with E-state index >= 15 is 0 Å². The SMILES string of the molecule is Cn1cc(Cl)cc1C(=O)N[C@H]1CCCN(c2ncc[nH]c2=O)C1. The fourth-order valence-corrected chi connectivity index (χ4v) is 3.12. The van der Waals surface area contributed by atoms with Crippen molar-refractivity contribution in [3.05, 3.63) is 45.7 Å². The van der Waals surface area contributed by atoms with Gasteiger partial charge in [-0.05, 0) is 18.9 Å². The zero-order chi connectivity index (χ0) is 16.4. The molecule has 7 nitrogen and oxygen atoms in total. The van der Waals surface area contributed by atoms with Gasteiger partial charge in [0.05, 0.1) is 5.02 Å². The van der Waals surface area contributed by atoms with Crippen molar-refractivity contribution >= 4 is 23.3 Å². The van der Waals surface area contributed by atoms with Gasteiger partial charge in [-0.1, -0.05) is 11.6 Å². The Bertz CT molecular complexity index is 769. The van der Waals surface area contributed by atoms with Crippen molar-refractivity contribution in [2.24, 2.45) is 7.05 Å². The maximum atomic E-state index is 12.4. The number of aryl methyl sites for hydroxylation is 1. The highest BCUT2D eigenvalue weighted by Gasteiger charge is 2.24. The average molecular weight is 336 g/mol. The van der Waals surface area contributed by atoms with E-state index in [1.807, 2.05) is 4.90 Å². The minimum Gasteiger partial charge on any atom is -0.350 e. The molecule has 2 N–H and O–H groups in total. The van der Waals surface area contributed by atoms with Gasteiger partial charge in [-0.15, -0.1) is 0 Å². The molecule has 1 amide bonds. The summed E-state index contributed by atoms with van der Waals surface area (Å²) in [5.41, 5.74) is 0.302. The minimum atomic E-state index is -0.214. The fraction of sp³-hybridized carbons (Fsp3) is 0.400. The van der Waals surface area contributed by atoms with Crippen LogP contribution in [0.2, 0.25) is 5.02 Å². The number of carbonyl (C=O) groups excluding carboxylic acids is 1. The van der Waals surface area contributed by atoms with Crippen molar-refractivity contribution < 1.29 is 4.79 Å². The number of nitrogens with zero attached hydrogens (tertiary/aromatic N) is 3. The standard InChI is InChI=1S/C15H18ClN5O2/c1-20-8-10(16)7-12(20)14(22)19-11-3-2-6-21(9-11)13-15(23)18-5-4-17-13/h4-5,7-8,11H,2-3,6,9H2,1H3,(H,18,23)(H,19,22)/t11-/m0/s1. The third-order valence-electron chi connectivity index (χ3n) is 3.95. The number of hydrogen-bond acceptors (Lipinski definition) is 4. The number of aromatic nitrogens is 3. The molecule has 1 fully saturated rings. The second-order valence-electron chi connectivity index (χ2n) is 5.66. The molecule has 1 aliphatic rings. The first-order chi connectivity index (χ1) is 11.0. The van der Waals surface area contributed by atoms with E-state index in [9.17, 15) is 9.59 Å². The molecule has 0 saturated carbocycles. The van der Waals surface area contributed by atoms with Crippen molar-refractivity contribution in [1.82, 2.24) is 19.9 Å². The van der Waals surface area contributed by atoms with Gasteiger partial charge in [-0.3, -0.25) is 9.59 Å². The van der Waals surface area contributed by atoms with Gasteiger partial charge in [0.1, 0.15) is 5.69 Å². The molecular weight excluding hydrogens is 318 g/mol. The lowest BCUT2D eigenvalue weighted by atomic mass is 10.1. The molecule has 0 aromatic carbocycles. The van der Waals surface area contributed by atoms with E-state index in [1.165, 1.54) is 6.20 Å². The first kappa shape index (κ1) is 15.6. The van der Waals surface area contributed by atoms with Crippen molar-refractivity contribution in [1.29, 1.82) is 0 Å². The van der Waals surface area contributed by atoms with Gasteiger partial charge in [-0.2, -0.15) is 0 Å². The van der Waals surface area contributed by atoms with Gasteiger partial charge in [0.25, 0.3) is 11.5 Å². The van der Waals surface area contributed by atoms with Crippen LogP contribution in [0.25, 0.3) is 0 Å². The monoisotopic (exact) mass is 335 g/mol. The Labute approximate surface area is 138 Å². The molecule has 2 aromatic rings. The smallest absolute Gasteiger partial charge is 0.290 e. The molecule has 1 aliphatic heterocycles. The molecule has 0 spiro atoms. The van der Waals surface area contributed by atoms with Gasteiger partial charge in [0, 0.05) is 44.8 Å². The van der Waals surface area contributed by atoms with Crippen LogP contribution in [0.3, 0.4) is 0 Å². The van der Waals surface area contributed by atoms with Gasteiger partial charge in [-0.25, -0.2) is 4.98 Å². The molecule has 0 aliphatic carbocycles. The molecule has 1 atom stereocenters. The lowest BCUT2D eigenvalue weighted by Crippen LogP contribution is -2.49. The molecular formula is C15H18ClN5O2. The quantitative estimate of drug-likeness (QED) is 0.881. The van der Waals surface area contributed by atoms with Crippen LogP contribution in [0.4, 0.5) is 5.82 Å². The Morgan fingerprint density at radius 3 is 3.04 bits per heavy atom. The Morgan fingerprint density at radius 2 is 2.35 bits per heavy atom. The molecule has 8 heteroatoms. The number of carbonyl (C=O) groups is 1. The third kappa shape index (κ3) is 3.39. The Balaban J connectivity index is 1.70. The predicted molar refractivity (Wildman–Crippen MR) is 88.0 cm³/mol. The lowest BCUT2D eigenvalue weighted by Gasteiger charge is -2.33. The predicted octanol–water partition coefficient (Wildman–Crippen LogP) is 1.16. The summed E-state index contributed by atoms with van der Waals surface area (Å²) in [6, 6.07) is 1.60. The molecule has 23 heavy (non-hydrogen) atoms. The Hall–Kier alpha value is -2.28. The van der Waals surface area contributed by atoms with Crippen LogP contribution in [0.5, 0.6) is 0 Å². The number of anilines is 1. The maximum absolute atomic E-state index is 12.4. The number of piperidine rings is 1. The van der Waals surface area contributed by atoms with Gasteiger partial charge in [0.2, 0.25) is 0 Å². The van der Waals surface area contributed by atoms with Crippen LogP contribution in [-0.4, -0.2) is 39.6 Å². The first-order valence-electron chi connectivity index (χ1n) is 7.46. The second kappa shape index (κ2) is 6.45. The zero-order valence-corrected chi connectivity index (χ0v) is 13.5. The molecule has 2 aromatic heterocycles. The van der Waals surface area contributed by atoms with Crippen molar-refractivity contribution in [2.75, 3.05) is 18.0 Å². The Kier molecular flexibility index (Phi) is 4.38. The summed E-state index contributed by atoms with van der Waals surface area (Å²) in [6.45, 7) is 1.31. The van der Waals surface area contributed by atoms with Crippen molar-refractivity contribution in [3.63, 3.8) is 0 Å². The summed E-state index contributed by atoms with van der Waals surface area (Å²) >= 11 is 5.92. The lowest BCUT2D eigenvalue weighted by molar-refractivity contribution is 0.0925. The molecule has 0 unspecified atom stereocenters. The summed E-state index contributed by atoms with van der Waals surface area (Å²) in [6.07, 6.45) is 6.51. The van der Waals surface area contributed by atoms with E-state index in [4.69, 9.17) is 11.6 Å². The van der Waals surface area contributed by atoms with E-state index < -0.39 is 0 Å². The summed E-state index contributed by atoms with van der Waals surface area (Å²) in [7, 11) is 1.78. The van der Waals surface area contributed by atoms with Crippen LogP contribution in [0.1, 0.15) is 23.3 Å². The highest BCUT2D eigenvalue weighted by molar-refractivity contribution is 6.31. The van der Waals surface area contributed by atoms with E-state index in [-0.39, 0.29) is 17.5 Å². The number of nitrogens with one attached hydrogen (secondary N) is 2. The highest BCUT2D eigenvalue weighted by atomic mass is 35.5. The summed E-state index contributed by atoms with van der Waals surface area (Å²) in [5.74, 6) is 0.231. The third-order valence-corrected chi connectivity index (χ3v) is 4.16.